The SMILES string of the molecule is CC1CCN(C(CNC(=O)Cn2nc3ccccn3c2=O)C(C)C)CC1. The number of carbonyl (C=O) groups is 1. The molecule has 0 aromatic carbocycles. The molecule has 3 heterocycles. The highest BCUT2D eigenvalue weighted by atomic mass is 16.2. The molecule has 7 nitrogen and oxygen atoms in total. The van der Waals surface area contributed by atoms with Gasteiger partial charge < -0.3 is 5.32 Å². The molecule has 1 atom stereocenters. The normalized spacial score (nSPS) is 17.7. The van der Waals surface area contributed by atoms with Gasteiger partial charge in [0, 0.05) is 18.8 Å². The van der Waals surface area contributed by atoms with Crippen LogP contribution in [0.15, 0.2) is 29.2 Å². The van der Waals surface area contributed by atoms with Crippen LogP contribution in [0.1, 0.15) is 33.6 Å². The quantitative estimate of drug-likeness (QED) is 0.846. The highest BCUT2D eigenvalue weighted by Crippen LogP contribution is 2.21. The van der Waals surface area contributed by atoms with Gasteiger partial charge in [0.25, 0.3) is 0 Å². The van der Waals surface area contributed by atoms with E-state index in [1.807, 2.05) is 6.07 Å². The van der Waals surface area contributed by atoms with E-state index in [1.54, 1.807) is 18.3 Å². The molecule has 2 aromatic rings. The summed E-state index contributed by atoms with van der Waals surface area (Å²) in [5.74, 6) is 1.07. The molecule has 0 saturated carbocycles. The van der Waals surface area contributed by atoms with Crippen LogP contribution < -0.4 is 11.0 Å². The number of carbonyl (C=O) groups excluding carboxylic acids is 1. The van der Waals surface area contributed by atoms with Crippen molar-refractivity contribution in [2.45, 2.75) is 46.2 Å². The lowest BCUT2D eigenvalue weighted by atomic mass is 9.94. The zero-order chi connectivity index (χ0) is 18.7. The molecule has 2 aromatic heterocycles. The number of fused-ring (bicyclic) bond motifs is 1. The van der Waals surface area contributed by atoms with E-state index in [1.165, 1.54) is 21.9 Å². The fraction of sp³-hybridized carbons (Fsp3) is 0.632. The molecule has 3 rings (SSSR count). The first kappa shape index (κ1) is 18.6. The summed E-state index contributed by atoms with van der Waals surface area (Å²) in [6.45, 7) is 9.42. The summed E-state index contributed by atoms with van der Waals surface area (Å²) in [5.41, 5.74) is 0.258. The van der Waals surface area contributed by atoms with Gasteiger partial charge in [-0.3, -0.25) is 14.1 Å². The summed E-state index contributed by atoms with van der Waals surface area (Å²) < 4.78 is 2.66. The average molecular weight is 359 g/mol. The van der Waals surface area contributed by atoms with Crippen molar-refractivity contribution in [2.75, 3.05) is 19.6 Å². The maximum Gasteiger partial charge on any atom is 0.350 e. The van der Waals surface area contributed by atoms with E-state index in [4.69, 9.17) is 0 Å². The Kier molecular flexibility index (Phi) is 5.76. The minimum Gasteiger partial charge on any atom is -0.353 e. The molecule has 0 aliphatic carbocycles. The number of aromatic nitrogens is 3. The number of rotatable bonds is 6. The van der Waals surface area contributed by atoms with Crippen LogP contribution in [-0.2, 0) is 11.3 Å². The number of hydrogen-bond donors (Lipinski definition) is 1. The van der Waals surface area contributed by atoms with Crippen molar-refractivity contribution in [3.8, 4) is 0 Å². The van der Waals surface area contributed by atoms with E-state index in [0.717, 1.165) is 19.0 Å². The lowest BCUT2D eigenvalue weighted by Gasteiger charge is -2.38. The van der Waals surface area contributed by atoms with Crippen LogP contribution in [0.3, 0.4) is 0 Å². The van der Waals surface area contributed by atoms with Crippen LogP contribution in [-0.4, -0.2) is 50.7 Å². The predicted molar refractivity (Wildman–Crippen MR) is 101 cm³/mol. The summed E-state index contributed by atoms with van der Waals surface area (Å²) in [7, 11) is 0. The highest BCUT2D eigenvalue weighted by Gasteiger charge is 2.26. The van der Waals surface area contributed by atoms with Gasteiger partial charge in [-0.25, -0.2) is 9.48 Å². The van der Waals surface area contributed by atoms with Crippen LogP contribution in [0.2, 0.25) is 0 Å². The van der Waals surface area contributed by atoms with Crippen molar-refractivity contribution < 1.29 is 4.79 Å². The molecule has 7 heteroatoms. The van der Waals surface area contributed by atoms with Crippen molar-refractivity contribution in [1.29, 1.82) is 0 Å². The van der Waals surface area contributed by atoms with E-state index < -0.39 is 0 Å². The van der Waals surface area contributed by atoms with Crippen molar-refractivity contribution >= 4 is 11.6 Å². The van der Waals surface area contributed by atoms with Crippen LogP contribution in [0.5, 0.6) is 0 Å². The van der Waals surface area contributed by atoms with Crippen molar-refractivity contribution in [3.63, 3.8) is 0 Å². The van der Waals surface area contributed by atoms with Gasteiger partial charge in [-0.15, -0.1) is 5.10 Å². The predicted octanol–water partition coefficient (Wildman–Crippen LogP) is 1.37. The zero-order valence-corrected chi connectivity index (χ0v) is 15.9. The zero-order valence-electron chi connectivity index (χ0n) is 15.9. The fourth-order valence-electron chi connectivity index (χ4n) is 3.63. The molecular formula is C19H29N5O2. The smallest absolute Gasteiger partial charge is 0.350 e. The Morgan fingerprint density at radius 3 is 2.69 bits per heavy atom. The third-order valence-corrected chi connectivity index (χ3v) is 5.35. The Morgan fingerprint density at radius 1 is 1.31 bits per heavy atom. The Morgan fingerprint density at radius 2 is 2.04 bits per heavy atom. The monoisotopic (exact) mass is 359 g/mol. The molecule has 1 unspecified atom stereocenters. The molecule has 1 fully saturated rings. The summed E-state index contributed by atoms with van der Waals surface area (Å²) in [5, 5.41) is 7.21. The van der Waals surface area contributed by atoms with Crippen molar-refractivity contribution in [3.05, 3.63) is 34.9 Å². The fourth-order valence-corrected chi connectivity index (χ4v) is 3.63. The second-order valence-corrected chi connectivity index (χ2v) is 7.70. The summed E-state index contributed by atoms with van der Waals surface area (Å²) in [6, 6.07) is 5.66. The molecule has 26 heavy (non-hydrogen) atoms. The Bertz CT molecular complexity index is 802. The minimum absolute atomic E-state index is 0.0532. The van der Waals surface area contributed by atoms with Gasteiger partial charge in [0.15, 0.2) is 5.65 Å². The second-order valence-electron chi connectivity index (χ2n) is 7.70. The molecule has 1 N–H and O–H groups in total. The van der Waals surface area contributed by atoms with Gasteiger partial charge in [0.2, 0.25) is 5.91 Å². The standard InChI is InChI=1S/C19H29N5O2/c1-14(2)16(22-10-7-15(3)8-11-22)12-20-18(25)13-24-19(26)23-9-5-4-6-17(23)21-24/h4-6,9,14-16H,7-8,10-13H2,1-3H3,(H,20,25). The average Bonchev–Trinajstić information content (AvgIpc) is 2.92. The van der Waals surface area contributed by atoms with Gasteiger partial charge in [0.1, 0.15) is 6.54 Å². The third kappa shape index (κ3) is 4.15. The second kappa shape index (κ2) is 8.03. The van der Waals surface area contributed by atoms with Gasteiger partial charge in [0.05, 0.1) is 0 Å². The number of piperidine rings is 1. The molecule has 142 valence electrons. The van der Waals surface area contributed by atoms with Gasteiger partial charge >= 0.3 is 5.69 Å². The number of pyridine rings is 1. The molecule has 1 aliphatic heterocycles. The van der Waals surface area contributed by atoms with E-state index in [9.17, 15) is 9.59 Å². The Hall–Kier alpha value is -2.15. The highest BCUT2D eigenvalue weighted by molar-refractivity contribution is 5.75. The largest absolute Gasteiger partial charge is 0.353 e. The van der Waals surface area contributed by atoms with Crippen molar-refractivity contribution in [1.82, 2.24) is 24.4 Å². The first-order valence-corrected chi connectivity index (χ1v) is 9.50. The van der Waals surface area contributed by atoms with Gasteiger partial charge in [-0.2, -0.15) is 0 Å². The molecule has 1 amide bonds. The number of amides is 1. The Labute approximate surface area is 154 Å². The van der Waals surface area contributed by atoms with E-state index in [0.29, 0.717) is 24.2 Å². The number of nitrogens with one attached hydrogen (secondary N) is 1. The molecular weight excluding hydrogens is 330 g/mol. The molecule has 1 saturated heterocycles. The van der Waals surface area contributed by atoms with Crippen LogP contribution in [0, 0.1) is 11.8 Å². The molecule has 0 bridgehead atoms. The maximum atomic E-state index is 12.4. The van der Waals surface area contributed by atoms with Crippen LogP contribution in [0.25, 0.3) is 5.65 Å². The van der Waals surface area contributed by atoms with E-state index in [-0.39, 0.29) is 18.1 Å². The Balaban J connectivity index is 1.59. The first-order chi connectivity index (χ1) is 12.5. The van der Waals surface area contributed by atoms with Gasteiger partial charge in [-0.1, -0.05) is 26.8 Å². The molecule has 0 spiro atoms. The van der Waals surface area contributed by atoms with Gasteiger partial charge in [-0.05, 0) is 49.9 Å². The summed E-state index contributed by atoms with van der Waals surface area (Å²) in [4.78, 5) is 27.1. The van der Waals surface area contributed by atoms with E-state index >= 15 is 0 Å². The molecule has 1 aliphatic rings. The topological polar surface area (TPSA) is 71.6 Å². The molecule has 0 radical (unpaired) electrons. The number of likely N-dealkylation sites (tertiary alicyclic amines) is 1. The van der Waals surface area contributed by atoms with Crippen LogP contribution in [0.4, 0.5) is 0 Å². The summed E-state index contributed by atoms with van der Waals surface area (Å²) >= 11 is 0. The first-order valence-electron chi connectivity index (χ1n) is 9.50. The number of hydrogen-bond acceptors (Lipinski definition) is 4. The summed E-state index contributed by atoms with van der Waals surface area (Å²) in [6.07, 6.45) is 4.09. The third-order valence-electron chi connectivity index (χ3n) is 5.35. The number of nitrogens with zero attached hydrogens (tertiary/aromatic N) is 4. The van der Waals surface area contributed by atoms with E-state index in [2.05, 4.69) is 36.1 Å². The minimum atomic E-state index is -0.291. The lowest BCUT2D eigenvalue weighted by Crippen LogP contribution is -2.50. The van der Waals surface area contributed by atoms with Crippen molar-refractivity contribution in [2.24, 2.45) is 11.8 Å². The maximum absolute atomic E-state index is 12.4. The van der Waals surface area contributed by atoms with Crippen LogP contribution >= 0.6 is 0 Å². The lowest BCUT2D eigenvalue weighted by molar-refractivity contribution is -0.122.